The van der Waals surface area contributed by atoms with Crippen molar-refractivity contribution in [2.45, 2.75) is 39.0 Å². The van der Waals surface area contributed by atoms with Gasteiger partial charge in [0.1, 0.15) is 0 Å². The number of alkyl halides is 3. The highest BCUT2D eigenvalue weighted by Gasteiger charge is 2.33. The molecule has 0 atom stereocenters. The van der Waals surface area contributed by atoms with Gasteiger partial charge in [-0.1, -0.05) is 24.4 Å². The van der Waals surface area contributed by atoms with Crippen molar-refractivity contribution in [1.29, 1.82) is 0 Å². The number of halogens is 3. The number of benzene rings is 2. The molecule has 1 saturated heterocycles. The summed E-state index contributed by atoms with van der Waals surface area (Å²) in [5.41, 5.74) is 14.6. The van der Waals surface area contributed by atoms with E-state index in [2.05, 4.69) is 26.8 Å². The molecule has 0 aliphatic carbocycles. The lowest BCUT2D eigenvalue weighted by Gasteiger charge is -2.20. The molecule has 3 aromatic rings. The van der Waals surface area contributed by atoms with Crippen LogP contribution in [0, 0.1) is 13.8 Å². The van der Waals surface area contributed by atoms with Crippen molar-refractivity contribution in [1.82, 2.24) is 14.5 Å². The monoisotopic (exact) mass is 655 g/mol. The van der Waals surface area contributed by atoms with Crippen LogP contribution in [0.5, 0.6) is 0 Å². The van der Waals surface area contributed by atoms with E-state index in [0.29, 0.717) is 45.8 Å². The number of allylic oxidation sites excluding steroid dienone is 1. The fourth-order valence-electron chi connectivity index (χ4n) is 4.96. The van der Waals surface area contributed by atoms with Gasteiger partial charge in [-0.15, -0.1) is 0 Å². The zero-order chi connectivity index (χ0) is 33.4. The van der Waals surface area contributed by atoms with E-state index < -0.39 is 24.1 Å². The lowest BCUT2D eigenvalue weighted by atomic mass is 10.0. The van der Waals surface area contributed by atoms with E-state index in [-0.39, 0.29) is 11.3 Å². The molecule has 2 heterocycles. The Morgan fingerprint density at radius 2 is 1.93 bits per heavy atom. The summed E-state index contributed by atoms with van der Waals surface area (Å²) in [6, 6.07) is 8.57. The first kappa shape index (κ1) is 34.6. The minimum atomic E-state index is -3.78. The van der Waals surface area contributed by atoms with Gasteiger partial charge in [-0.25, -0.2) is 15.2 Å². The number of hydrogen-bond acceptors (Lipinski definition) is 8. The number of anilines is 2. The number of aliphatic imine (C=N–C) groups is 1. The Morgan fingerprint density at radius 3 is 2.61 bits per heavy atom. The van der Waals surface area contributed by atoms with Crippen LogP contribution in [-0.2, 0) is 5.92 Å². The molecular weight excluding hydrogens is 615 g/mol. The highest BCUT2D eigenvalue weighted by atomic mass is 32.2. The largest absolute Gasteiger partial charge is 0.401 e. The molecule has 0 saturated carbocycles. The second-order valence-corrected chi connectivity index (χ2v) is 12.4. The van der Waals surface area contributed by atoms with Gasteiger partial charge in [-0.05, 0) is 80.6 Å². The number of hydrazine groups is 1. The highest BCUT2D eigenvalue weighted by molar-refractivity contribution is 8.17. The standard InChI is InChI=1S/C32H40F3N9OS/c1-21-6-7-27(41-30(45)24-13-25(32(34,35)19-33)15-28(14-24)43-17-22(2)40-20-43)16-29(21)44(38)18-26(36)12-23(3)46-31(37)39-8-11-42-9-4-5-10-42/h6-7,13-18,20H,3-5,8-12,19,36,38H2,1-2H3,(H2,37,39)(H,41,45)/b26-18-. The quantitative estimate of drug-likeness (QED) is 0.0838. The molecule has 14 heteroatoms. The number of thioether (sulfide) groups is 1. The third kappa shape index (κ3) is 9.37. The topological polar surface area (TPSA) is 144 Å². The van der Waals surface area contributed by atoms with E-state index in [4.69, 9.17) is 17.3 Å². The molecule has 46 heavy (non-hydrogen) atoms. The number of carbonyl (C=O) groups is 1. The molecule has 0 radical (unpaired) electrons. The number of imidazole rings is 1. The summed E-state index contributed by atoms with van der Waals surface area (Å²) in [6.07, 6.45) is 7.35. The fourth-order valence-corrected chi connectivity index (χ4v) is 5.65. The lowest BCUT2D eigenvalue weighted by Crippen LogP contribution is -2.27. The Kier molecular flexibility index (Phi) is 11.5. The number of nitrogens with zero attached hydrogens (tertiary/aromatic N) is 5. The predicted octanol–water partition coefficient (Wildman–Crippen LogP) is 5.33. The first-order valence-corrected chi connectivity index (χ1v) is 15.6. The Balaban J connectivity index is 1.44. The summed E-state index contributed by atoms with van der Waals surface area (Å²) in [7, 11) is 0. The van der Waals surface area contributed by atoms with Crippen LogP contribution in [0.1, 0.15) is 46.4 Å². The third-order valence-electron chi connectivity index (χ3n) is 7.36. The predicted molar refractivity (Wildman–Crippen MR) is 180 cm³/mol. The van der Waals surface area contributed by atoms with Crippen LogP contribution in [0.15, 0.2) is 77.3 Å². The van der Waals surface area contributed by atoms with Crippen molar-refractivity contribution in [2.24, 2.45) is 22.3 Å². The normalized spacial score (nSPS) is 14.5. The molecule has 1 amide bonds. The van der Waals surface area contributed by atoms with Gasteiger partial charge in [0.15, 0.2) is 11.8 Å². The van der Waals surface area contributed by atoms with E-state index in [1.54, 1.807) is 37.5 Å². The van der Waals surface area contributed by atoms with Crippen molar-refractivity contribution in [2.75, 3.05) is 43.2 Å². The summed E-state index contributed by atoms with van der Waals surface area (Å²) in [6.45, 7) is 9.41. The smallest absolute Gasteiger partial charge is 0.301 e. The first-order chi connectivity index (χ1) is 21.8. The van der Waals surface area contributed by atoms with E-state index in [1.165, 1.54) is 46.6 Å². The summed E-state index contributed by atoms with van der Waals surface area (Å²) in [5.74, 6) is 1.88. The number of carbonyl (C=O) groups excluding carboxylic acids is 1. The number of rotatable bonds is 13. The van der Waals surface area contributed by atoms with Crippen LogP contribution in [0.3, 0.4) is 0 Å². The zero-order valence-corrected chi connectivity index (χ0v) is 26.8. The van der Waals surface area contributed by atoms with E-state index in [0.717, 1.165) is 37.3 Å². The van der Waals surface area contributed by atoms with E-state index in [9.17, 15) is 18.0 Å². The minimum Gasteiger partial charge on any atom is -0.401 e. The first-order valence-electron chi connectivity index (χ1n) is 14.7. The van der Waals surface area contributed by atoms with Gasteiger partial charge in [0.25, 0.3) is 5.91 Å². The third-order valence-corrected chi connectivity index (χ3v) is 8.13. The molecule has 0 spiro atoms. The summed E-state index contributed by atoms with van der Waals surface area (Å²) >= 11 is 1.26. The van der Waals surface area contributed by atoms with Crippen molar-refractivity contribution in [3.63, 3.8) is 0 Å². The van der Waals surface area contributed by atoms with Crippen LogP contribution in [0.25, 0.3) is 5.69 Å². The van der Waals surface area contributed by atoms with E-state index in [1.807, 2.05) is 6.92 Å². The molecule has 1 fully saturated rings. The van der Waals surface area contributed by atoms with Gasteiger partial charge in [0, 0.05) is 53.6 Å². The van der Waals surface area contributed by atoms with Crippen molar-refractivity contribution in [3.8, 4) is 5.69 Å². The van der Waals surface area contributed by atoms with Crippen molar-refractivity contribution < 1.29 is 18.0 Å². The molecule has 0 unspecified atom stereocenters. The number of aryl methyl sites for hydroxylation is 2. The zero-order valence-electron chi connectivity index (χ0n) is 26.0. The maximum Gasteiger partial charge on any atom is 0.301 e. The maximum atomic E-state index is 14.4. The van der Waals surface area contributed by atoms with Gasteiger partial charge < -0.3 is 26.3 Å². The number of likely N-dealkylation sites (tertiary alicyclic amines) is 1. The van der Waals surface area contributed by atoms with E-state index >= 15 is 0 Å². The molecule has 4 rings (SSSR count). The number of nitrogens with two attached hydrogens (primary N) is 3. The van der Waals surface area contributed by atoms with Crippen molar-refractivity contribution >= 4 is 34.2 Å². The Morgan fingerprint density at radius 1 is 1.20 bits per heavy atom. The van der Waals surface area contributed by atoms with Crippen LogP contribution in [-0.4, -0.2) is 58.4 Å². The molecule has 10 nitrogen and oxygen atoms in total. The highest BCUT2D eigenvalue weighted by Crippen LogP contribution is 2.32. The van der Waals surface area contributed by atoms with Crippen LogP contribution < -0.4 is 27.6 Å². The van der Waals surface area contributed by atoms with Gasteiger partial charge in [-0.3, -0.25) is 14.8 Å². The number of amidine groups is 1. The Bertz CT molecular complexity index is 1620. The maximum absolute atomic E-state index is 14.4. The average molecular weight is 656 g/mol. The molecule has 2 aromatic carbocycles. The molecule has 246 valence electrons. The molecular formula is C32H40F3N9OS. The molecule has 7 N–H and O–H groups in total. The summed E-state index contributed by atoms with van der Waals surface area (Å²) in [5, 5.41) is 4.47. The molecule has 0 bridgehead atoms. The number of hydrogen-bond donors (Lipinski definition) is 4. The number of aromatic nitrogens is 2. The fraction of sp³-hybridized carbons (Fsp3) is 0.344. The number of amides is 1. The van der Waals surface area contributed by atoms with Crippen molar-refractivity contribution in [3.05, 3.63) is 94.7 Å². The molecule has 1 aliphatic heterocycles. The summed E-state index contributed by atoms with van der Waals surface area (Å²) in [4.78, 5) is 24.9. The Labute approximate surface area is 271 Å². The second kappa shape index (κ2) is 15.3. The van der Waals surface area contributed by atoms with Gasteiger partial charge in [0.05, 0.1) is 24.3 Å². The SMILES string of the molecule is C=C(C/C(N)=C/N(N)c1cc(NC(=O)c2cc(-n3cnc(C)c3)cc(C(F)(F)CF)c2)ccc1C)SC(N)=NCCN1CCCC1. The van der Waals surface area contributed by atoms with Gasteiger partial charge in [0.2, 0.25) is 0 Å². The van der Waals surface area contributed by atoms with Gasteiger partial charge >= 0.3 is 5.92 Å². The number of nitrogens with one attached hydrogen (secondary N) is 1. The van der Waals surface area contributed by atoms with Crippen LogP contribution in [0.4, 0.5) is 24.5 Å². The molecule has 1 aromatic heterocycles. The molecule has 1 aliphatic rings. The second-order valence-electron chi connectivity index (χ2n) is 11.2. The van der Waals surface area contributed by atoms with Crippen LogP contribution >= 0.6 is 11.8 Å². The van der Waals surface area contributed by atoms with Gasteiger partial charge in [-0.2, -0.15) is 8.78 Å². The minimum absolute atomic E-state index is 0.0854. The summed E-state index contributed by atoms with van der Waals surface area (Å²) < 4.78 is 43.5. The average Bonchev–Trinajstić information content (AvgIpc) is 3.69. The Hall–Kier alpha value is -4.27. The van der Waals surface area contributed by atoms with Crippen LogP contribution in [0.2, 0.25) is 0 Å². The lowest BCUT2D eigenvalue weighted by molar-refractivity contribution is -0.0281.